The van der Waals surface area contributed by atoms with Crippen LogP contribution in [0.3, 0.4) is 0 Å². The Hall–Kier alpha value is -1.93. The molecule has 2 aliphatic heterocycles. The van der Waals surface area contributed by atoms with Crippen LogP contribution in [0.5, 0.6) is 0 Å². The smallest absolute Gasteiger partial charge is 0.358 e. The van der Waals surface area contributed by atoms with Gasteiger partial charge >= 0.3 is 5.97 Å². The van der Waals surface area contributed by atoms with Crippen LogP contribution in [-0.4, -0.2) is 53.1 Å². The minimum Gasteiger partial charge on any atom is -0.461 e. The number of piperidine rings is 1. The lowest BCUT2D eigenvalue weighted by Gasteiger charge is -2.28. The summed E-state index contributed by atoms with van der Waals surface area (Å²) in [6, 6.07) is 0.390. The molecule has 8 heteroatoms. The standard InChI is InChI=1S/C29H47N5O3.C2H6/c1-3-37-29(36)26-25(19-13-11-18(2)12-14-19)33-27(34-26)23(17-21-9-6-7-15-30-21)32-28(35)24-16-20-8-4-5-10-22(20)31-24;1-2/h18-24,30-31H,3-17H2,1-2H3,(H,32,35)(H,33,34);1-2H3/t18?,19?,20?,21?,22?,23-,24?;/m0./s1. The third-order valence-electron chi connectivity index (χ3n) is 9.40. The van der Waals surface area contributed by atoms with Crippen LogP contribution < -0.4 is 16.0 Å². The van der Waals surface area contributed by atoms with E-state index in [1.165, 1.54) is 38.5 Å². The maximum Gasteiger partial charge on any atom is 0.358 e. The van der Waals surface area contributed by atoms with Gasteiger partial charge in [0.1, 0.15) is 5.82 Å². The molecule has 0 bridgehead atoms. The van der Waals surface area contributed by atoms with Crippen molar-refractivity contribution < 1.29 is 14.3 Å². The summed E-state index contributed by atoms with van der Waals surface area (Å²) in [7, 11) is 0. The summed E-state index contributed by atoms with van der Waals surface area (Å²) in [4.78, 5) is 34.9. The third-order valence-corrected chi connectivity index (χ3v) is 9.40. The van der Waals surface area contributed by atoms with E-state index >= 15 is 0 Å². The molecule has 4 aliphatic rings. The van der Waals surface area contributed by atoms with Crippen molar-refractivity contribution >= 4 is 11.9 Å². The number of carbonyl (C=O) groups excluding carboxylic acids is 2. The summed E-state index contributed by atoms with van der Waals surface area (Å²) in [5.41, 5.74) is 1.32. The number of nitrogens with one attached hydrogen (secondary N) is 4. The molecular formula is C31H53N5O3. The molecule has 1 aromatic heterocycles. The molecule has 220 valence electrons. The maximum atomic E-state index is 13.6. The number of aromatic nitrogens is 2. The molecule has 2 saturated carbocycles. The normalized spacial score (nSPS) is 31.4. The molecule has 0 radical (unpaired) electrons. The second-order valence-electron chi connectivity index (χ2n) is 12.1. The number of amides is 1. The molecule has 1 aromatic rings. The van der Waals surface area contributed by atoms with Crippen LogP contribution in [0.15, 0.2) is 0 Å². The quantitative estimate of drug-likeness (QED) is 0.322. The van der Waals surface area contributed by atoms with E-state index in [2.05, 4.69) is 27.9 Å². The van der Waals surface area contributed by atoms with Crippen LogP contribution in [-0.2, 0) is 9.53 Å². The van der Waals surface area contributed by atoms with Gasteiger partial charge in [-0.05, 0) is 76.7 Å². The van der Waals surface area contributed by atoms with Crippen molar-refractivity contribution in [1.82, 2.24) is 25.9 Å². The highest BCUT2D eigenvalue weighted by molar-refractivity contribution is 5.89. The molecule has 4 unspecified atom stereocenters. The van der Waals surface area contributed by atoms with Gasteiger partial charge in [0.15, 0.2) is 5.69 Å². The van der Waals surface area contributed by atoms with Crippen molar-refractivity contribution in [3.63, 3.8) is 0 Å². The van der Waals surface area contributed by atoms with Crippen LogP contribution in [0.2, 0.25) is 0 Å². The van der Waals surface area contributed by atoms with Crippen LogP contribution in [0.25, 0.3) is 0 Å². The highest BCUT2D eigenvalue weighted by atomic mass is 16.5. The van der Waals surface area contributed by atoms with Gasteiger partial charge in [-0.2, -0.15) is 0 Å². The Balaban J connectivity index is 0.00000172. The molecule has 0 spiro atoms. The fourth-order valence-corrected chi connectivity index (χ4v) is 7.21. The highest BCUT2D eigenvalue weighted by Crippen LogP contribution is 2.38. The average Bonchev–Trinajstić information content (AvgIpc) is 3.60. The van der Waals surface area contributed by atoms with Gasteiger partial charge in [0.2, 0.25) is 5.91 Å². The first-order valence-corrected chi connectivity index (χ1v) is 16.1. The number of fused-ring (bicyclic) bond motifs is 1. The van der Waals surface area contributed by atoms with Gasteiger partial charge < -0.3 is 25.7 Å². The van der Waals surface area contributed by atoms with Crippen LogP contribution in [0.1, 0.15) is 145 Å². The van der Waals surface area contributed by atoms with Crippen LogP contribution in [0.4, 0.5) is 0 Å². The van der Waals surface area contributed by atoms with Gasteiger partial charge in [0.25, 0.3) is 0 Å². The molecule has 39 heavy (non-hydrogen) atoms. The van der Waals surface area contributed by atoms with Crippen molar-refractivity contribution in [2.45, 2.75) is 141 Å². The number of hydrogen-bond acceptors (Lipinski definition) is 6. The van der Waals surface area contributed by atoms with Crippen molar-refractivity contribution in [1.29, 1.82) is 0 Å². The van der Waals surface area contributed by atoms with E-state index in [1.807, 2.05) is 20.8 Å². The average molecular weight is 544 g/mol. The van der Waals surface area contributed by atoms with Gasteiger partial charge in [-0.1, -0.05) is 52.9 Å². The predicted molar refractivity (Wildman–Crippen MR) is 155 cm³/mol. The summed E-state index contributed by atoms with van der Waals surface area (Å²) in [6.45, 7) is 9.47. The Morgan fingerprint density at radius 3 is 2.46 bits per heavy atom. The highest BCUT2D eigenvalue weighted by Gasteiger charge is 2.39. The fraction of sp³-hybridized carbons (Fsp3) is 0.839. The Morgan fingerprint density at radius 1 is 1.03 bits per heavy atom. The van der Waals surface area contributed by atoms with E-state index < -0.39 is 0 Å². The summed E-state index contributed by atoms with van der Waals surface area (Å²) in [5, 5.41) is 10.6. The van der Waals surface area contributed by atoms with E-state index in [1.54, 1.807) is 0 Å². The van der Waals surface area contributed by atoms with Crippen molar-refractivity contribution in [2.75, 3.05) is 13.2 Å². The summed E-state index contributed by atoms with van der Waals surface area (Å²) >= 11 is 0. The maximum absolute atomic E-state index is 13.6. The van der Waals surface area contributed by atoms with Gasteiger partial charge in [0.05, 0.1) is 24.4 Å². The second-order valence-corrected chi connectivity index (χ2v) is 12.1. The van der Waals surface area contributed by atoms with Crippen molar-refractivity contribution in [3.8, 4) is 0 Å². The molecule has 0 aromatic carbocycles. The lowest BCUT2D eigenvalue weighted by molar-refractivity contribution is -0.123. The number of nitrogens with zero attached hydrogens (tertiary/aromatic N) is 1. The molecule has 5 atom stereocenters. The number of H-pyrrole nitrogens is 1. The number of ether oxygens (including phenoxy) is 1. The fourth-order valence-electron chi connectivity index (χ4n) is 7.21. The molecule has 1 amide bonds. The lowest BCUT2D eigenvalue weighted by Crippen LogP contribution is -2.46. The zero-order valence-corrected chi connectivity index (χ0v) is 24.8. The van der Waals surface area contributed by atoms with Gasteiger partial charge in [-0.3, -0.25) is 4.79 Å². The SMILES string of the molecule is CC.CCOC(=O)c1nc([C@H](CC2CCCCN2)NC(=O)C2CC3CCCCC3N2)[nH]c1C1CCC(C)CC1. The van der Waals surface area contributed by atoms with Gasteiger partial charge in [0, 0.05) is 18.0 Å². The van der Waals surface area contributed by atoms with Crippen molar-refractivity contribution in [2.24, 2.45) is 11.8 Å². The monoisotopic (exact) mass is 543 g/mol. The van der Waals surface area contributed by atoms with Crippen molar-refractivity contribution in [3.05, 3.63) is 17.2 Å². The number of imidazole rings is 1. The molecule has 4 N–H and O–H groups in total. The van der Waals surface area contributed by atoms with E-state index in [0.717, 1.165) is 63.1 Å². The summed E-state index contributed by atoms with van der Waals surface area (Å²) < 4.78 is 5.41. The molecule has 8 nitrogen and oxygen atoms in total. The summed E-state index contributed by atoms with van der Waals surface area (Å²) in [5.74, 6) is 2.02. The van der Waals surface area contributed by atoms with Gasteiger partial charge in [-0.15, -0.1) is 0 Å². The minimum atomic E-state index is -0.360. The minimum absolute atomic E-state index is 0.0670. The molecular weight excluding hydrogens is 490 g/mol. The van der Waals surface area contributed by atoms with E-state index in [0.29, 0.717) is 36.1 Å². The first-order chi connectivity index (χ1) is 19.0. The van der Waals surface area contributed by atoms with Gasteiger partial charge in [-0.25, -0.2) is 9.78 Å². The molecule has 4 fully saturated rings. The molecule has 2 saturated heterocycles. The largest absolute Gasteiger partial charge is 0.461 e. The first-order valence-electron chi connectivity index (χ1n) is 16.1. The Bertz CT molecular complexity index is 905. The topological polar surface area (TPSA) is 108 Å². The zero-order chi connectivity index (χ0) is 27.8. The number of rotatable bonds is 8. The van der Waals surface area contributed by atoms with E-state index in [4.69, 9.17) is 9.72 Å². The molecule has 5 rings (SSSR count). The Labute approximate surface area is 235 Å². The lowest BCUT2D eigenvalue weighted by atomic mass is 9.81. The number of aromatic amines is 1. The Morgan fingerprint density at radius 2 is 1.77 bits per heavy atom. The first kappa shape index (κ1) is 30.0. The number of esters is 1. The van der Waals surface area contributed by atoms with E-state index in [9.17, 15) is 9.59 Å². The predicted octanol–water partition coefficient (Wildman–Crippen LogP) is 5.52. The second kappa shape index (κ2) is 14.6. The number of hydrogen-bond donors (Lipinski definition) is 4. The summed E-state index contributed by atoms with van der Waals surface area (Å²) in [6.07, 6.45) is 14.5. The van der Waals surface area contributed by atoms with Crippen LogP contribution >= 0.6 is 0 Å². The van der Waals surface area contributed by atoms with Crippen LogP contribution in [0, 0.1) is 11.8 Å². The Kier molecular flexibility index (Phi) is 11.3. The molecule has 3 heterocycles. The molecule has 2 aliphatic carbocycles. The number of carbonyl (C=O) groups is 2. The van der Waals surface area contributed by atoms with E-state index in [-0.39, 0.29) is 29.9 Å². The zero-order valence-electron chi connectivity index (χ0n) is 24.8. The third kappa shape index (κ3) is 7.63.